The van der Waals surface area contributed by atoms with Gasteiger partial charge < -0.3 is 4.79 Å². The number of rotatable bonds is 6. The van der Waals surface area contributed by atoms with E-state index in [0.717, 1.165) is 25.4 Å². The maximum atomic E-state index is 11.4. The maximum Gasteiger partial charge on any atom is 0.208 e. The SMILES string of the molecule is CCCCC1BC(=O)CC1CCCC. The fraction of sp³-hybridized carbons (Fsp3) is 0.917. The summed E-state index contributed by atoms with van der Waals surface area (Å²) in [5.74, 6) is 1.46. The monoisotopic (exact) mass is 194 g/mol. The Morgan fingerprint density at radius 2 is 1.86 bits per heavy atom. The standard InChI is InChI=1S/C12H23BO/c1-3-5-7-10-9-12(14)13-11(10)8-6-4-2/h10-11,13H,3-9H2,1-2H3. The average molecular weight is 194 g/mol. The van der Waals surface area contributed by atoms with Crippen molar-refractivity contribution in [2.75, 3.05) is 0 Å². The molecule has 80 valence electrons. The summed E-state index contributed by atoms with van der Waals surface area (Å²) in [6.07, 6.45) is 8.61. The Balaban J connectivity index is 2.33. The Morgan fingerprint density at radius 1 is 1.21 bits per heavy atom. The van der Waals surface area contributed by atoms with Crippen molar-refractivity contribution in [3.05, 3.63) is 0 Å². The van der Waals surface area contributed by atoms with Crippen LogP contribution in [-0.4, -0.2) is 13.0 Å². The second-order valence-corrected chi connectivity index (χ2v) is 4.75. The molecule has 1 aliphatic heterocycles. The molecule has 0 N–H and O–H groups in total. The molecule has 14 heavy (non-hydrogen) atoms. The number of hydrogen-bond donors (Lipinski definition) is 0. The summed E-state index contributed by atoms with van der Waals surface area (Å²) in [4.78, 5) is 11.4. The first-order valence-electron chi connectivity index (χ1n) is 6.29. The van der Waals surface area contributed by atoms with Crippen molar-refractivity contribution in [1.82, 2.24) is 0 Å². The third-order valence-electron chi connectivity index (χ3n) is 3.50. The van der Waals surface area contributed by atoms with Gasteiger partial charge in [0.15, 0.2) is 0 Å². The van der Waals surface area contributed by atoms with Crippen LogP contribution in [-0.2, 0) is 4.79 Å². The highest BCUT2D eigenvalue weighted by atomic mass is 16.1. The Morgan fingerprint density at radius 3 is 2.50 bits per heavy atom. The summed E-state index contributed by atoms with van der Waals surface area (Å²) in [5, 5.41) is 0. The Kier molecular flexibility index (Phi) is 5.28. The highest BCUT2D eigenvalue weighted by Gasteiger charge is 2.32. The molecule has 2 unspecified atom stereocenters. The Labute approximate surface area is 88.9 Å². The van der Waals surface area contributed by atoms with Crippen LogP contribution in [0.1, 0.15) is 58.8 Å². The molecule has 1 rings (SSSR count). The fourth-order valence-electron chi connectivity index (χ4n) is 2.61. The molecular weight excluding hydrogens is 171 g/mol. The van der Waals surface area contributed by atoms with Crippen LogP contribution in [0.25, 0.3) is 0 Å². The Hall–Kier alpha value is -0.265. The smallest absolute Gasteiger partial charge is 0.208 e. The molecule has 0 aliphatic carbocycles. The summed E-state index contributed by atoms with van der Waals surface area (Å²) < 4.78 is 0. The quantitative estimate of drug-likeness (QED) is 0.593. The van der Waals surface area contributed by atoms with Gasteiger partial charge in [-0.3, -0.25) is 0 Å². The van der Waals surface area contributed by atoms with Crippen molar-refractivity contribution in [2.24, 2.45) is 5.92 Å². The van der Waals surface area contributed by atoms with Crippen molar-refractivity contribution in [1.29, 1.82) is 0 Å². The largest absolute Gasteiger partial charge is 0.312 e. The fourth-order valence-corrected chi connectivity index (χ4v) is 2.61. The van der Waals surface area contributed by atoms with Gasteiger partial charge >= 0.3 is 0 Å². The van der Waals surface area contributed by atoms with E-state index in [-0.39, 0.29) is 0 Å². The van der Waals surface area contributed by atoms with E-state index in [2.05, 4.69) is 13.8 Å². The Bertz CT molecular complexity index is 161. The van der Waals surface area contributed by atoms with E-state index in [0.29, 0.717) is 5.68 Å². The van der Waals surface area contributed by atoms with Crippen LogP contribution in [0, 0.1) is 5.92 Å². The molecule has 1 saturated heterocycles. The lowest BCUT2D eigenvalue weighted by Gasteiger charge is -2.17. The molecule has 1 heterocycles. The molecule has 0 aromatic carbocycles. The summed E-state index contributed by atoms with van der Waals surface area (Å²) in [5.41, 5.74) is 0.521. The second-order valence-electron chi connectivity index (χ2n) is 4.75. The molecule has 2 atom stereocenters. The molecule has 0 saturated carbocycles. The molecule has 1 aliphatic rings. The van der Waals surface area contributed by atoms with Crippen LogP contribution in [0.3, 0.4) is 0 Å². The van der Waals surface area contributed by atoms with E-state index >= 15 is 0 Å². The van der Waals surface area contributed by atoms with Crippen LogP contribution >= 0.6 is 0 Å². The third-order valence-corrected chi connectivity index (χ3v) is 3.50. The molecule has 0 spiro atoms. The molecule has 0 radical (unpaired) electrons. The van der Waals surface area contributed by atoms with Crippen molar-refractivity contribution < 1.29 is 4.79 Å². The zero-order chi connectivity index (χ0) is 10.4. The predicted molar refractivity (Wildman–Crippen MR) is 63.1 cm³/mol. The molecule has 0 aromatic heterocycles. The highest BCUT2D eigenvalue weighted by molar-refractivity contribution is 6.76. The third kappa shape index (κ3) is 3.47. The normalized spacial score (nSPS) is 26.6. The minimum atomic E-state index is 0.521. The van der Waals surface area contributed by atoms with Crippen LogP contribution in [0.15, 0.2) is 0 Å². The van der Waals surface area contributed by atoms with Gasteiger partial charge in [0.2, 0.25) is 7.28 Å². The zero-order valence-corrected chi connectivity index (χ0v) is 9.72. The van der Waals surface area contributed by atoms with Crippen molar-refractivity contribution >= 4 is 13.0 Å². The van der Waals surface area contributed by atoms with Gasteiger partial charge in [0, 0.05) is 0 Å². The van der Waals surface area contributed by atoms with Crippen LogP contribution in [0.2, 0.25) is 5.82 Å². The summed E-state index contributed by atoms with van der Waals surface area (Å²) >= 11 is 0. The van der Waals surface area contributed by atoms with Crippen molar-refractivity contribution in [2.45, 2.75) is 64.6 Å². The molecule has 1 nitrogen and oxygen atoms in total. The van der Waals surface area contributed by atoms with Crippen molar-refractivity contribution in [3.63, 3.8) is 0 Å². The van der Waals surface area contributed by atoms with Gasteiger partial charge in [0.1, 0.15) is 0 Å². The van der Waals surface area contributed by atoms with Crippen LogP contribution < -0.4 is 0 Å². The van der Waals surface area contributed by atoms with E-state index in [4.69, 9.17) is 0 Å². The molecule has 0 aromatic rings. The van der Waals surface area contributed by atoms with Gasteiger partial charge in [-0.2, -0.15) is 0 Å². The van der Waals surface area contributed by atoms with E-state index in [1.54, 1.807) is 0 Å². The predicted octanol–water partition coefficient (Wildman–Crippen LogP) is 3.14. The lowest BCUT2D eigenvalue weighted by atomic mass is 9.62. The first-order valence-corrected chi connectivity index (χ1v) is 6.29. The van der Waals surface area contributed by atoms with Gasteiger partial charge in [-0.05, 0) is 12.3 Å². The summed E-state index contributed by atoms with van der Waals surface area (Å²) in [6, 6.07) is 0. The van der Waals surface area contributed by atoms with Gasteiger partial charge in [0.25, 0.3) is 0 Å². The van der Waals surface area contributed by atoms with E-state index in [9.17, 15) is 4.79 Å². The van der Waals surface area contributed by atoms with Gasteiger partial charge in [-0.25, -0.2) is 0 Å². The molecule has 0 amide bonds. The van der Waals surface area contributed by atoms with Crippen LogP contribution in [0.4, 0.5) is 0 Å². The summed E-state index contributed by atoms with van der Waals surface area (Å²) in [6.45, 7) is 4.47. The lowest BCUT2D eigenvalue weighted by Crippen LogP contribution is -2.07. The highest BCUT2D eigenvalue weighted by Crippen LogP contribution is 2.36. The minimum Gasteiger partial charge on any atom is -0.312 e. The average Bonchev–Trinajstić information content (AvgIpc) is 2.52. The topological polar surface area (TPSA) is 17.1 Å². The number of carbonyl (C=O) groups excluding carboxylic acids is 1. The van der Waals surface area contributed by atoms with Crippen LogP contribution in [0.5, 0.6) is 0 Å². The van der Waals surface area contributed by atoms with Gasteiger partial charge in [-0.1, -0.05) is 58.2 Å². The second kappa shape index (κ2) is 6.26. The first kappa shape index (κ1) is 11.8. The number of hydrogen-bond acceptors (Lipinski definition) is 1. The number of unbranched alkanes of at least 4 members (excludes halogenated alkanes) is 2. The summed E-state index contributed by atoms with van der Waals surface area (Å²) in [7, 11) is 0.883. The molecular formula is C12H23BO. The van der Waals surface area contributed by atoms with Gasteiger partial charge in [0.05, 0.1) is 5.68 Å². The van der Waals surface area contributed by atoms with E-state index in [1.165, 1.54) is 38.5 Å². The number of carbonyl (C=O) groups is 1. The lowest BCUT2D eigenvalue weighted by molar-refractivity contribution is -0.112. The van der Waals surface area contributed by atoms with E-state index in [1.807, 2.05) is 0 Å². The maximum absolute atomic E-state index is 11.4. The first-order chi connectivity index (χ1) is 6.77. The molecule has 1 fully saturated rings. The van der Waals surface area contributed by atoms with Crippen molar-refractivity contribution in [3.8, 4) is 0 Å². The minimum absolute atomic E-state index is 0.521. The molecule has 0 bridgehead atoms. The van der Waals surface area contributed by atoms with Gasteiger partial charge in [-0.15, -0.1) is 0 Å². The molecule has 2 heteroatoms. The van der Waals surface area contributed by atoms with E-state index < -0.39 is 0 Å². The zero-order valence-electron chi connectivity index (χ0n) is 9.72.